The Morgan fingerprint density at radius 1 is 1.00 bits per heavy atom. The van der Waals surface area contributed by atoms with E-state index in [2.05, 4.69) is 41.2 Å². The van der Waals surface area contributed by atoms with E-state index in [1.165, 1.54) is 0 Å². The van der Waals surface area contributed by atoms with Gasteiger partial charge in [0.25, 0.3) is 0 Å². The molecule has 1 heterocycles. The van der Waals surface area contributed by atoms with Crippen molar-refractivity contribution in [1.29, 1.82) is 0 Å². The molecule has 0 saturated heterocycles. The van der Waals surface area contributed by atoms with E-state index in [0.29, 0.717) is 19.1 Å². The summed E-state index contributed by atoms with van der Waals surface area (Å²) in [5.41, 5.74) is 3.05. The summed E-state index contributed by atoms with van der Waals surface area (Å²) >= 11 is 0. The molecule has 1 amide bonds. The molecule has 0 radical (unpaired) electrons. The van der Waals surface area contributed by atoms with Crippen molar-refractivity contribution in [2.75, 3.05) is 25.1 Å². The first-order chi connectivity index (χ1) is 16.5. The van der Waals surface area contributed by atoms with Crippen LogP contribution in [0.2, 0.25) is 0 Å². The largest absolute Gasteiger partial charge is 0.493 e. The lowest BCUT2D eigenvalue weighted by Gasteiger charge is -2.28. The summed E-state index contributed by atoms with van der Waals surface area (Å²) in [5.74, 6) is 1.15. The van der Waals surface area contributed by atoms with Gasteiger partial charge in [0.1, 0.15) is 5.75 Å². The van der Waals surface area contributed by atoms with E-state index in [4.69, 9.17) is 4.74 Å². The number of benzene rings is 2. The highest BCUT2D eigenvalue weighted by molar-refractivity contribution is 5.83. The molecular weight excluding hydrogens is 422 g/mol. The maximum Gasteiger partial charge on any atom is 0.227 e. The number of rotatable bonds is 12. The van der Waals surface area contributed by atoms with Gasteiger partial charge >= 0.3 is 0 Å². The summed E-state index contributed by atoms with van der Waals surface area (Å²) in [7, 11) is 2.02. The number of aromatic nitrogens is 1. The number of likely N-dealkylation sites (N-methyl/N-ethyl adjacent to an activating group) is 1. The molecule has 0 saturated carbocycles. The van der Waals surface area contributed by atoms with Gasteiger partial charge in [0.05, 0.1) is 30.5 Å². The molecule has 3 atom stereocenters. The zero-order valence-corrected chi connectivity index (χ0v) is 20.8. The minimum absolute atomic E-state index is 0.00417. The van der Waals surface area contributed by atoms with Crippen LogP contribution in [0.4, 0.5) is 5.69 Å². The summed E-state index contributed by atoms with van der Waals surface area (Å²) in [6.45, 7) is 7.69. The second-order valence-electron chi connectivity index (χ2n) is 9.06. The zero-order valence-electron chi connectivity index (χ0n) is 20.8. The highest BCUT2D eigenvalue weighted by atomic mass is 16.5. The van der Waals surface area contributed by atoms with Gasteiger partial charge in [0.2, 0.25) is 5.91 Å². The van der Waals surface area contributed by atoms with Crippen LogP contribution in [0, 0.1) is 5.92 Å². The van der Waals surface area contributed by atoms with E-state index in [1.807, 2.05) is 74.8 Å². The van der Waals surface area contributed by atoms with E-state index in [-0.39, 0.29) is 17.9 Å². The number of carbonyl (C=O) groups is 1. The van der Waals surface area contributed by atoms with Crippen LogP contribution in [0.1, 0.15) is 56.7 Å². The van der Waals surface area contributed by atoms with Gasteiger partial charge in [-0.3, -0.25) is 9.78 Å². The van der Waals surface area contributed by atoms with Gasteiger partial charge < -0.3 is 15.0 Å². The first-order valence-electron chi connectivity index (χ1n) is 12.2. The molecule has 1 aromatic heterocycles. The third-order valence-corrected chi connectivity index (χ3v) is 6.15. The molecule has 34 heavy (non-hydrogen) atoms. The quantitative estimate of drug-likeness (QED) is 0.361. The van der Waals surface area contributed by atoms with Crippen LogP contribution in [0.25, 0.3) is 0 Å². The van der Waals surface area contributed by atoms with Crippen LogP contribution in [-0.2, 0) is 4.79 Å². The highest BCUT2D eigenvalue weighted by Crippen LogP contribution is 2.23. The Hall–Kier alpha value is -3.34. The van der Waals surface area contributed by atoms with E-state index < -0.39 is 0 Å². The Bertz CT molecular complexity index is 993. The first-order valence-corrected chi connectivity index (χ1v) is 12.2. The molecule has 5 heteroatoms. The molecule has 180 valence electrons. The number of hydrogen-bond donors (Lipinski definition) is 1. The molecule has 5 nitrogen and oxygen atoms in total. The predicted molar refractivity (Wildman–Crippen MR) is 139 cm³/mol. The highest BCUT2D eigenvalue weighted by Gasteiger charge is 2.22. The lowest BCUT2D eigenvalue weighted by atomic mass is 9.99. The number of carbonyl (C=O) groups excluding carboxylic acids is 1. The Kier molecular flexibility index (Phi) is 9.51. The van der Waals surface area contributed by atoms with E-state index in [0.717, 1.165) is 35.4 Å². The second-order valence-corrected chi connectivity index (χ2v) is 9.06. The average Bonchev–Trinajstić information content (AvgIpc) is 2.88. The fourth-order valence-corrected chi connectivity index (χ4v) is 3.99. The Morgan fingerprint density at radius 2 is 1.74 bits per heavy atom. The normalized spacial score (nSPS) is 13.5. The number of nitrogens with one attached hydrogen (secondary N) is 1. The van der Waals surface area contributed by atoms with Gasteiger partial charge in [0, 0.05) is 19.8 Å². The average molecular weight is 460 g/mol. The third kappa shape index (κ3) is 7.34. The lowest BCUT2D eigenvalue weighted by Crippen LogP contribution is -2.38. The first kappa shape index (κ1) is 25.3. The van der Waals surface area contributed by atoms with Crippen molar-refractivity contribution in [3.05, 3.63) is 90.3 Å². The van der Waals surface area contributed by atoms with Gasteiger partial charge in [-0.15, -0.1) is 0 Å². The molecule has 0 aliphatic rings. The topological polar surface area (TPSA) is 54.5 Å². The van der Waals surface area contributed by atoms with Crippen LogP contribution in [0.3, 0.4) is 0 Å². The van der Waals surface area contributed by atoms with Gasteiger partial charge in [-0.1, -0.05) is 62.7 Å². The summed E-state index contributed by atoms with van der Waals surface area (Å²) < 4.78 is 5.98. The SMILES string of the molecule is CCCC(C)COc1ccc([C@H](CN(C)c2cccnc2)NC(=O)[C@@H](C)c2ccccc2)cc1. The maximum atomic E-state index is 13.2. The Morgan fingerprint density at radius 3 is 2.38 bits per heavy atom. The minimum Gasteiger partial charge on any atom is -0.493 e. The lowest BCUT2D eigenvalue weighted by molar-refractivity contribution is -0.122. The van der Waals surface area contributed by atoms with Crippen LogP contribution in [0.5, 0.6) is 5.75 Å². The summed E-state index contributed by atoms with van der Waals surface area (Å²) in [5, 5.41) is 3.28. The predicted octanol–water partition coefficient (Wildman–Crippen LogP) is 5.99. The molecule has 1 N–H and O–H groups in total. The minimum atomic E-state index is -0.241. The molecule has 0 aliphatic heterocycles. The molecule has 0 spiro atoms. The van der Waals surface area contributed by atoms with Crippen molar-refractivity contribution in [3.63, 3.8) is 0 Å². The van der Waals surface area contributed by atoms with E-state index >= 15 is 0 Å². The van der Waals surface area contributed by atoms with Crippen molar-refractivity contribution in [3.8, 4) is 5.75 Å². The van der Waals surface area contributed by atoms with Crippen molar-refractivity contribution in [2.24, 2.45) is 5.92 Å². The monoisotopic (exact) mass is 459 g/mol. The third-order valence-electron chi connectivity index (χ3n) is 6.15. The molecule has 2 aromatic carbocycles. The van der Waals surface area contributed by atoms with E-state index in [9.17, 15) is 4.79 Å². The number of pyridine rings is 1. The fourth-order valence-electron chi connectivity index (χ4n) is 3.99. The fraction of sp³-hybridized carbons (Fsp3) is 0.379. The van der Waals surface area contributed by atoms with Crippen molar-refractivity contribution < 1.29 is 9.53 Å². The second kappa shape index (κ2) is 12.8. The maximum absolute atomic E-state index is 13.2. The summed E-state index contributed by atoms with van der Waals surface area (Å²) in [6.07, 6.45) is 5.92. The Labute approximate surface area is 204 Å². The van der Waals surface area contributed by atoms with Crippen LogP contribution in [-0.4, -0.2) is 31.1 Å². The number of amides is 1. The summed E-state index contributed by atoms with van der Waals surface area (Å²) in [6, 6.07) is 21.7. The van der Waals surface area contributed by atoms with E-state index in [1.54, 1.807) is 6.20 Å². The van der Waals surface area contributed by atoms with Gasteiger partial charge in [-0.25, -0.2) is 0 Å². The van der Waals surface area contributed by atoms with Gasteiger partial charge in [-0.05, 0) is 54.7 Å². The molecular formula is C29H37N3O2. The molecule has 0 fully saturated rings. The number of anilines is 1. The molecule has 0 aliphatic carbocycles. The van der Waals surface area contributed by atoms with Crippen molar-refractivity contribution in [1.82, 2.24) is 10.3 Å². The zero-order chi connectivity index (χ0) is 24.3. The van der Waals surface area contributed by atoms with Gasteiger partial charge in [-0.2, -0.15) is 0 Å². The van der Waals surface area contributed by atoms with Crippen molar-refractivity contribution >= 4 is 11.6 Å². The van der Waals surface area contributed by atoms with Crippen LogP contribution >= 0.6 is 0 Å². The smallest absolute Gasteiger partial charge is 0.227 e. The van der Waals surface area contributed by atoms with Gasteiger partial charge in [0.15, 0.2) is 0 Å². The standard InChI is InChI=1S/C29H37N3O2/c1-5-10-22(2)21-34-27-16-14-25(15-17-27)28(20-32(4)26-13-9-18-30-19-26)31-29(33)23(3)24-11-7-6-8-12-24/h6-9,11-19,22-23,28H,5,10,20-21H2,1-4H3,(H,31,33)/t22?,23-,28-/m0/s1. The summed E-state index contributed by atoms with van der Waals surface area (Å²) in [4.78, 5) is 19.5. The molecule has 3 aromatic rings. The molecule has 1 unspecified atom stereocenters. The Balaban J connectivity index is 1.75. The van der Waals surface area contributed by atoms with Crippen molar-refractivity contribution in [2.45, 2.75) is 45.6 Å². The van der Waals surface area contributed by atoms with Crippen LogP contribution < -0.4 is 15.0 Å². The molecule has 0 bridgehead atoms. The number of nitrogens with zero attached hydrogens (tertiary/aromatic N) is 2. The number of hydrogen-bond acceptors (Lipinski definition) is 4. The van der Waals surface area contributed by atoms with Crippen LogP contribution in [0.15, 0.2) is 79.1 Å². The molecule has 3 rings (SSSR count). The number of ether oxygens (including phenoxy) is 1.